The van der Waals surface area contributed by atoms with E-state index in [1.54, 1.807) is 0 Å². The summed E-state index contributed by atoms with van der Waals surface area (Å²) in [6.45, 7) is 8.98. The lowest BCUT2D eigenvalue weighted by molar-refractivity contribution is 0.0202. The number of hydrogen-bond acceptors (Lipinski definition) is 2. The van der Waals surface area contributed by atoms with Gasteiger partial charge in [0.25, 0.3) is 0 Å². The molecule has 1 unspecified atom stereocenters. The van der Waals surface area contributed by atoms with Crippen molar-refractivity contribution in [2.45, 2.75) is 59.1 Å². The minimum absolute atomic E-state index is 0.209. The highest BCUT2D eigenvalue weighted by Gasteiger charge is 2.17. The first-order valence-corrected chi connectivity index (χ1v) is 7.77. The fourth-order valence-corrected chi connectivity index (χ4v) is 2.19. The SMILES string of the molecule is CCCCN(CCCC)C(CC)Oc1ccccc1. The molecule has 108 valence electrons. The molecule has 0 aromatic heterocycles. The molecule has 2 heteroatoms. The van der Waals surface area contributed by atoms with Crippen LogP contribution in [0.4, 0.5) is 0 Å². The van der Waals surface area contributed by atoms with Gasteiger partial charge < -0.3 is 4.74 Å². The van der Waals surface area contributed by atoms with Gasteiger partial charge in [-0.25, -0.2) is 0 Å². The molecular weight excluding hydrogens is 234 g/mol. The predicted molar refractivity (Wildman–Crippen MR) is 82.5 cm³/mol. The molecule has 0 radical (unpaired) electrons. The van der Waals surface area contributed by atoms with E-state index in [9.17, 15) is 0 Å². The van der Waals surface area contributed by atoms with E-state index < -0.39 is 0 Å². The summed E-state index contributed by atoms with van der Waals surface area (Å²) in [5.74, 6) is 0.979. The Balaban J connectivity index is 2.60. The second-order valence-corrected chi connectivity index (χ2v) is 5.04. The first-order chi connectivity index (χ1) is 9.31. The molecule has 1 aromatic rings. The van der Waals surface area contributed by atoms with Crippen LogP contribution >= 0.6 is 0 Å². The zero-order valence-electron chi connectivity index (χ0n) is 12.8. The third-order valence-corrected chi connectivity index (χ3v) is 3.37. The average Bonchev–Trinajstić information content (AvgIpc) is 2.46. The number of para-hydroxylation sites is 1. The van der Waals surface area contributed by atoms with Crippen LogP contribution in [-0.2, 0) is 0 Å². The number of unbranched alkanes of at least 4 members (excludes halogenated alkanes) is 2. The fraction of sp³-hybridized carbons (Fsp3) is 0.647. The average molecular weight is 263 g/mol. The third-order valence-electron chi connectivity index (χ3n) is 3.37. The minimum Gasteiger partial charge on any atom is -0.475 e. The maximum absolute atomic E-state index is 6.15. The van der Waals surface area contributed by atoms with Crippen molar-refractivity contribution in [2.24, 2.45) is 0 Å². The largest absolute Gasteiger partial charge is 0.475 e. The summed E-state index contributed by atoms with van der Waals surface area (Å²) >= 11 is 0. The normalized spacial score (nSPS) is 12.6. The highest BCUT2D eigenvalue weighted by atomic mass is 16.5. The monoisotopic (exact) mass is 263 g/mol. The molecule has 0 amide bonds. The van der Waals surface area contributed by atoms with Crippen LogP contribution in [0.2, 0.25) is 0 Å². The molecule has 0 spiro atoms. The molecule has 19 heavy (non-hydrogen) atoms. The van der Waals surface area contributed by atoms with Crippen LogP contribution in [0.1, 0.15) is 52.9 Å². The quantitative estimate of drug-likeness (QED) is 0.567. The summed E-state index contributed by atoms with van der Waals surface area (Å²) in [7, 11) is 0. The van der Waals surface area contributed by atoms with Gasteiger partial charge in [-0.1, -0.05) is 51.8 Å². The van der Waals surface area contributed by atoms with Crippen LogP contribution in [0.25, 0.3) is 0 Å². The van der Waals surface area contributed by atoms with Crippen LogP contribution in [0.3, 0.4) is 0 Å². The highest BCUT2D eigenvalue weighted by Crippen LogP contribution is 2.16. The Kier molecular flexibility index (Phi) is 8.31. The van der Waals surface area contributed by atoms with Gasteiger partial charge in [0.1, 0.15) is 5.75 Å². The van der Waals surface area contributed by atoms with Gasteiger partial charge in [0.05, 0.1) is 0 Å². The Morgan fingerprint density at radius 2 is 1.53 bits per heavy atom. The van der Waals surface area contributed by atoms with Crippen molar-refractivity contribution in [3.05, 3.63) is 30.3 Å². The topological polar surface area (TPSA) is 12.5 Å². The molecule has 1 rings (SSSR count). The van der Waals surface area contributed by atoms with Crippen molar-refractivity contribution < 1.29 is 4.74 Å². The van der Waals surface area contributed by atoms with Gasteiger partial charge >= 0.3 is 0 Å². The van der Waals surface area contributed by atoms with E-state index in [0.717, 1.165) is 25.3 Å². The standard InChI is InChI=1S/C17H29NO/c1-4-7-14-18(15-8-5-2)17(6-3)19-16-12-10-9-11-13-16/h9-13,17H,4-8,14-15H2,1-3H3. The van der Waals surface area contributed by atoms with Crippen LogP contribution in [0.5, 0.6) is 5.75 Å². The summed E-state index contributed by atoms with van der Waals surface area (Å²) < 4.78 is 6.15. The lowest BCUT2D eigenvalue weighted by Crippen LogP contribution is -2.40. The van der Waals surface area contributed by atoms with Gasteiger partial charge in [0, 0.05) is 13.1 Å². The molecule has 0 aliphatic rings. The maximum Gasteiger partial charge on any atom is 0.152 e. The van der Waals surface area contributed by atoms with E-state index in [4.69, 9.17) is 4.74 Å². The summed E-state index contributed by atoms with van der Waals surface area (Å²) in [5.41, 5.74) is 0. The molecular formula is C17H29NO. The van der Waals surface area contributed by atoms with Crippen molar-refractivity contribution in [1.82, 2.24) is 4.90 Å². The minimum atomic E-state index is 0.209. The Morgan fingerprint density at radius 1 is 0.947 bits per heavy atom. The summed E-state index contributed by atoms with van der Waals surface area (Å²) in [4.78, 5) is 2.50. The van der Waals surface area contributed by atoms with Crippen molar-refractivity contribution in [3.63, 3.8) is 0 Å². The Labute approximate surface area is 118 Å². The van der Waals surface area contributed by atoms with E-state index in [-0.39, 0.29) is 6.23 Å². The molecule has 1 atom stereocenters. The lowest BCUT2D eigenvalue weighted by atomic mass is 10.2. The van der Waals surface area contributed by atoms with Crippen LogP contribution < -0.4 is 4.74 Å². The molecule has 0 aliphatic carbocycles. The zero-order valence-corrected chi connectivity index (χ0v) is 12.8. The predicted octanol–water partition coefficient (Wildman–Crippen LogP) is 4.70. The van der Waals surface area contributed by atoms with E-state index in [2.05, 4.69) is 25.7 Å². The first-order valence-electron chi connectivity index (χ1n) is 7.77. The van der Waals surface area contributed by atoms with Crippen molar-refractivity contribution >= 4 is 0 Å². The Hall–Kier alpha value is -1.02. The molecule has 0 N–H and O–H groups in total. The molecule has 0 bridgehead atoms. The third kappa shape index (κ3) is 6.11. The van der Waals surface area contributed by atoms with Crippen molar-refractivity contribution in [2.75, 3.05) is 13.1 Å². The number of ether oxygens (including phenoxy) is 1. The molecule has 1 aromatic carbocycles. The summed E-state index contributed by atoms with van der Waals surface area (Å²) in [5, 5.41) is 0. The molecule has 2 nitrogen and oxygen atoms in total. The van der Waals surface area contributed by atoms with Crippen LogP contribution in [0.15, 0.2) is 30.3 Å². The molecule has 0 fully saturated rings. The zero-order chi connectivity index (χ0) is 13.9. The van der Waals surface area contributed by atoms with Gasteiger partial charge in [-0.2, -0.15) is 0 Å². The number of rotatable bonds is 10. The molecule has 0 heterocycles. The van der Waals surface area contributed by atoms with E-state index in [1.165, 1.54) is 25.7 Å². The number of benzene rings is 1. The van der Waals surface area contributed by atoms with E-state index in [0.29, 0.717) is 0 Å². The van der Waals surface area contributed by atoms with E-state index >= 15 is 0 Å². The highest BCUT2D eigenvalue weighted by molar-refractivity contribution is 5.21. The number of hydrogen-bond donors (Lipinski definition) is 0. The number of nitrogens with zero attached hydrogens (tertiary/aromatic N) is 1. The van der Waals surface area contributed by atoms with Crippen LogP contribution in [0, 0.1) is 0 Å². The van der Waals surface area contributed by atoms with Crippen molar-refractivity contribution in [1.29, 1.82) is 0 Å². The molecule has 0 saturated heterocycles. The second-order valence-electron chi connectivity index (χ2n) is 5.04. The van der Waals surface area contributed by atoms with Gasteiger partial charge in [-0.05, 0) is 31.4 Å². The van der Waals surface area contributed by atoms with Crippen molar-refractivity contribution in [3.8, 4) is 5.75 Å². The molecule has 0 saturated carbocycles. The van der Waals surface area contributed by atoms with Gasteiger partial charge in [-0.15, -0.1) is 0 Å². The summed E-state index contributed by atoms with van der Waals surface area (Å²) in [6, 6.07) is 10.2. The van der Waals surface area contributed by atoms with E-state index in [1.807, 2.05) is 30.3 Å². The van der Waals surface area contributed by atoms with Gasteiger partial charge in [0.15, 0.2) is 6.23 Å². The summed E-state index contributed by atoms with van der Waals surface area (Å²) in [6.07, 6.45) is 6.22. The Morgan fingerprint density at radius 3 is 2.00 bits per heavy atom. The van der Waals surface area contributed by atoms with Gasteiger partial charge in [0.2, 0.25) is 0 Å². The smallest absolute Gasteiger partial charge is 0.152 e. The lowest BCUT2D eigenvalue weighted by Gasteiger charge is -2.31. The molecule has 0 aliphatic heterocycles. The fourth-order valence-electron chi connectivity index (χ4n) is 2.19. The maximum atomic E-state index is 6.15. The second kappa shape index (κ2) is 9.85. The van der Waals surface area contributed by atoms with Crippen LogP contribution in [-0.4, -0.2) is 24.2 Å². The first kappa shape index (κ1) is 16.0. The Bertz CT molecular complexity index is 304. The van der Waals surface area contributed by atoms with Gasteiger partial charge in [-0.3, -0.25) is 4.90 Å².